The zero-order chi connectivity index (χ0) is 27.2. The van der Waals surface area contributed by atoms with Crippen molar-refractivity contribution in [3.05, 3.63) is 71.7 Å². The third-order valence-electron chi connectivity index (χ3n) is 6.08. The molecule has 0 bridgehead atoms. The number of imidazole rings is 1. The van der Waals surface area contributed by atoms with Crippen molar-refractivity contribution in [3.8, 4) is 17.0 Å². The van der Waals surface area contributed by atoms with Crippen LogP contribution in [-0.4, -0.2) is 58.2 Å². The van der Waals surface area contributed by atoms with Gasteiger partial charge in [-0.1, -0.05) is 6.92 Å². The third-order valence-corrected chi connectivity index (χ3v) is 6.08. The second-order valence-electron chi connectivity index (χ2n) is 8.71. The molecule has 4 rings (SSSR count). The highest BCUT2D eigenvalue weighted by Crippen LogP contribution is 2.31. The van der Waals surface area contributed by atoms with E-state index in [2.05, 4.69) is 25.9 Å². The first-order valence-electron chi connectivity index (χ1n) is 12.2. The molecule has 0 aliphatic heterocycles. The zero-order valence-corrected chi connectivity index (χ0v) is 21.4. The van der Waals surface area contributed by atoms with Crippen molar-refractivity contribution in [2.24, 2.45) is 0 Å². The number of fused-ring (bicyclic) bond motifs is 1. The minimum absolute atomic E-state index is 0.0364. The number of hydrogen-bond donors (Lipinski definition) is 4. The van der Waals surface area contributed by atoms with Crippen LogP contribution in [0.2, 0.25) is 0 Å². The maximum absolute atomic E-state index is 14.8. The van der Waals surface area contributed by atoms with E-state index in [0.717, 1.165) is 5.56 Å². The van der Waals surface area contributed by atoms with E-state index in [1.165, 1.54) is 31.6 Å². The van der Waals surface area contributed by atoms with E-state index in [4.69, 9.17) is 9.84 Å². The quantitative estimate of drug-likeness (QED) is 0.221. The molecular formula is C27H30F2N6O3. The predicted molar refractivity (Wildman–Crippen MR) is 141 cm³/mol. The van der Waals surface area contributed by atoms with Gasteiger partial charge >= 0.3 is 0 Å². The lowest BCUT2D eigenvalue weighted by molar-refractivity contribution is 0.0938. The Bertz CT molecular complexity index is 1440. The van der Waals surface area contributed by atoms with Gasteiger partial charge in [0.05, 0.1) is 25.6 Å². The number of anilines is 2. The van der Waals surface area contributed by atoms with Crippen molar-refractivity contribution >= 4 is 23.1 Å². The summed E-state index contributed by atoms with van der Waals surface area (Å²) < 4.78 is 35.6. The van der Waals surface area contributed by atoms with Crippen LogP contribution in [0.5, 0.6) is 5.75 Å². The van der Waals surface area contributed by atoms with Crippen LogP contribution in [0.15, 0.2) is 48.9 Å². The van der Waals surface area contributed by atoms with E-state index in [1.54, 1.807) is 22.7 Å². The molecule has 2 aromatic heterocycles. The van der Waals surface area contributed by atoms with Crippen molar-refractivity contribution in [3.63, 3.8) is 0 Å². The van der Waals surface area contributed by atoms with E-state index >= 15 is 0 Å². The molecule has 1 atom stereocenters. The number of aliphatic hydroxyl groups is 1. The minimum atomic E-state index is -1.07. The summed E-state index contributed by atoms with van der Waals surface area (Å²) in [5.41, 5.74) is 2.92. The Labute approximate surface area is 218 Å². The van der Waals surface area contributed by atoms with Gasteiger partial charge in [0.2, 0.25) is 5.82 Å². The fourth-order valence-corrected chi connectivity index (χ4v) is 4.17. The Balaban J connectivity index is 1.58. The van der Waals surface area contributed by atoms with E-state index in [1.807, 2.05) is 19.9 Å². The molecule has 11 heteroatoms. The summed E-state index contributed by atoms with van der Waals surface area (Å²) in [6.45, 7) is 4.90. The topological polar surface area (TPSA) is 113 Å². The SMILES string of the molecule is CCc1cc(Nc2nccn3c(-c4ccc(OC)c(F)c4F)cnc23)ccc1C(=O)NC(C)CNCCO. The highest BCUT2D eigenvalue weighted by Gasteiger charge is 2.19. The number of aryl methyl sites for hydroxylation is 1. The summed E-state index contributed by atoms with van der Waals surface area (Å²) in [5, 5.41) is 18.1. The number of aromatic nitrogens is 3. The Kier molecular flexibility index (Phi) is 8.49. The van der Waals surface area contributed by atoms with Gasteiger partial charge in [0.15, 0.2) is 23.0 Å². The number of benzene rings is 2. The van der Waals surface area contributed by atoms with Crippen LogP contribution in [0.4, 0.5) is 20.3 Å². The fourth-order valence-electron chi connectivity index (χ4n) is 4.17. The van der Waals surface area contributed by atoms with Gasteiger partial charge < -0.3 is 25.8 Å². The standard InChI is InChI=1S/C27H30F2N6O3/c1-4-17-13-18(5-6-19(17)27(37)33-16(2)14-30-10-12-36)34-25-26-32-15-21(35(26)11-9-31-25)20-7-8-22(38-3)24(29)23(20)28/h5-9,11,13,15-16,30,36H,4,10,12,14H2,1-3H3,(H,31,34)(H,33,37). The van der Waals surface area contributed by atoms with E-state index in [0.29, 0.717) is 47.9 Å². The molecule has 0 saturated carbocycles. The highest BCUT2D eigenvalue weighted by atomic mass is 19.2. The van der Waals surface area contributed by atoms with Gasteiger partial charge in [-0.3, -0.25) is 9.20 Å². The summed E-state index contributed by atoms with van der Waals surface area (Å²) >= 11 is 0. The molecule has 0 saturated heterocycles. The Morgan fingerprint density at radius 1 is 1.18 bits per heavy atom. The first-order valence-corrected chi connectivity index (χ1v) is 12.2. The maximum atomic E-state index is 14.8. The molecule has 4 N–H and O–H groups in total. The molecule has 0 spiro atoms. The van der Waals surface area contributed by atoms with Gasteiger partial charge in [0.1, 0.15) is 0 Å². The summed E-state index contributed by atoms with van der Waals surface area (Å²) in [7, 11) is 1.28. The average molecular weight is 525 g/mol. The zero-order valence-electron chi connectivity index (χ0n) is 21.4. The van der Waals surface area contributed by atoms with Crippen LogP contribution in [0.1, 0.15) is 29.8 Å². The molecule has 2 heterocycles. The van der Waals surface area contributed by atoms with Crippen molar-refractivity contribution in [1.82, 2.24) is 25.0 Å². The first-order chi connectivity index (χ1) is 18.4. The molecule has 0 radical (unpaired) electrons. The molecule has 1 amide bonds. The van der Waals surface area contributed by atoms with Crippen molar-refractivity contribution in [1.29, 1.82) is 0 Å². The van der Waals surface area contributed by atoms with E-state index in [9.17, 15) is 13.6 Å². The fraction of sp³-hybridized carbons (Fsp3) is 0.296. The molecule has 4 aromatic rings. The molecular weight excluding hydrogens is 494 g/mol. The maximum Gasteiger partial charge on any atom is 0.251 e. The summed E-state index contributed by atoms with van der Waals surface area (Å²) in [5.74, 6) is -2.05. The van der Waals surface area contributed by atoms with Gasteiger partial charge in [-0.2, -0.15) is 4.39 Å². The average Bonchev–Trinajstić information content (AvgIpc) is 3.35. The van der Waals surface area contributed by atoms with Gasteiger partial charge in [-0.15, -0.1) is 0 Å². The molecule has 0 aliphatic rings. The Morgan fingerprint density at radius 2 is 2.00 bits per heavy atom. The van der Waals surface area contributed by atoms with Crippen LogP contribution in [0.3, 0.4) is 0 Å². The number of ether oxygens (including phenoxy) is 1. The molecule has 0 aliphatic carbocycles. The molecule has 38 heavy (non-hydrogen) atoms. The van der Waals surface area contributed by atoms with Gasteiger partial charge in [-0.05, 0) is 49.2 Å². The van der Waals surface area contributed by atoms with Crippen LogP contribution < -0.4 is 20.7 Å². The van der Waals surface area contributed by atoms with E-state index in [-0.39, 0.29) is 29.9 Å². The molecule has 2 aromatic carbocycles. The number of amides is 1. The third kappa shape index (κ3) is 5.58. The number of rotatable bonds is 11. The number of carbonyl (C=O) groups excluding carboxylic acids is 1. The van der Waals surface area contributed by atoms with Crippen LogP contribution in [0.25, 0.3) is 16.9 Å². The smallest absolute Gasteiger partial charge is 0.251 e. The van der Waals surface area contributed by atoms with Crippen LogP contribution in [-0.2, 0) is 6.42 Å². The number of halogens is 2. The Morgan fingerprint density at radius 3 is 2.74 bits per heavy atom. The lowest BCUT2D eigenvalue weighted by Crippen LogP contribution is -2.40. The predicted octanol–water partition coefficient (Wildman–Crippen LogP) is 3.69. The van der Waals surface area contributed by atoms with E-state index < -0.39 is 11.6 Å². The minimum Gasteiger partial charge on any atom is -0.494 e. The van der Waals surface area contributed by atoms with Crippen molar-refractivity contribution in [2.45, 2.75) is 26.3 Å². The number of nitrogens with zero attached hydrogens (tertiary/aromatic N) is 3. The number of aliphatic hydroxyl groups excluding tert-OH is 1. The van der Waals surface area contributed by atoms with Crippen molar-refractivity contribution < 1.29 is 23.4 Å². The molecule has 0 fully saturated rings. The van der Waals surface area contributed by atoms with Gasteiger partial charge in [-0.25, -0.2) is 14.4 Å². The number of nitrogens with one attached hydrogen (secondary N) is 3. The Hall–Kier alpha value is -4.09. The van der Waals surface area contributed by atoms with Crippen LogP contribution >= 0.6 is 0 Å². The molecule has 1 unspecified atom stereocenters. The number of hydrogen-bond acceptors (Lipinski definition) is 7. The summed E-state index contributed by atoms with van der Waals surface area (Å²) in [4.78, 5) is 21.6. The first kappa shape index (κ1) is 27.0. The lowest BCUT2D eigenvalue weighted by atomic mass is 10.0. The molecule has 9 nitrogen and oxygen atoms in total. The highest BCUT2D eigenvalue weighted by molar-refractivity contribution is 5.96. The summed E-state index contributed by atoms with van der Waals surface area (Å²) in [6, 6.07) is 8.08. The lowest BCUT2D eigenvalue weighted by Gasteiger charge is -2.17. The largest absolute Gasteiger partial charge is 0.494 e. The monoisotopic (exact) mass is 524 g/mol. The van der Waals surface area contributed by atoms with Gasteiger partial charge in [0.25, 0.3) is 5.91 Å². The second-order valence-corrected chi connectivity index (χ2v) is 8.71. The summed E-state index contributed by atoms with van der Waals surface area (Å²) in [6.07, 6.45) is 5.23. The number of carbonyl (C=O) groups is 1. The molecule has 200 valence electrons. The number of methoxy groups -OCH3 is 1. The van der Waals surface area contributed by atoms with Gasteiger partial charge in [0, 0.05) is 48.3 Å². The normalized spacial score (nSPS) is 11.9. The van der Waals surface area contributed by atoms with Crippen LogP contribution in [0, 0.1) is 11.6 Å². The second kappa shape index (κ2) is 12.0. The van der Waals surface area contributed by atoms with Crippen molar-refractivity contribution in [2.75, 3.05) is 32.1 Å².